The summed E-state index contributed by atoms with van der Waals surface area (Å²) >= 11 is 5.83. The van der Waals surface area contributed by atoms with Gasteiger partial charge in [0, 0.05) is 18.0 Å². The van der Waals surface area contributed by atoms with Crippen LogP contribution in [0.5, 0.6) is 11.5 Å². The molecule has 0 aliphatic carbocycles. The fourth-order valence-electron chi connectivity index (χ4n) is 3.12. The molecule has 0 saturated carbocycles. The van der Waals surface area contributed by atoms with E-state index < -0.39 is 0 Å². The smallest absolute Gasteiger partial charge is 0.193 e. The highest BCUT2D eigenvalue weighted by Gasteiger charge is 2.27. The number of ether oxygens (including phenoxy) is 2. The minimum atomic E-state index is 0.440. The molecule has 0 bridgehead atoms. The minimum Gasteiger partial charge on any atom is -0.493 e. The SMILES string of the molecule is COc1cccc(C2CCN(Cc3ccc(Cl)o3)C2)c1OC. The molecule has 1 aliphatic rings. The Bertz CT molecular complexity index is 641. The van der Waals surface area contributed by atoms with Crippen LogP contribution in [0.1, 0.15) is 23.7 Å². The number of para-hydroxylation sites is 1. The normalized spacial score (nSPS) is 18.6. The van der Waals surface area contributed by atoms with Gasteiger partial charge in [-0.05, 0) is 42.8 Å². The number of furan rings is 1. The van der Waals surface area contributed by atoms with Crippen molar-refractivity contribution in [3.63, 3.8) is 0 Å². The molecule has 1 aliphatic heterocycles. The summed E-state index contributed by atoms with van der Waals surface area (Å²) in [5.41, 5.74) is 1.21. The van der Waals surface area contributed by atoms with E-state index in [-0.39, 0.29) is 0 Å². The third kappa shape index (κ3) is 3.08. The molecule has 2 aromatic rings. The van der Waals surface area contributed by atoms with Crippen molar-refractivity contribution in [1.29, 1.82) is 0 Å². The molecule has 3 rings (SSSR count). The van der Waals surface area contributed by atoms with E-state index in [4.69, 9.17) is 25.5 Å². The lowest BCUT2D eigenvalue weighted by Gasteiger charge is -2.18. The van der Waals surface area contributed by atoms with E-state index in [1.54, 1.807) is 20.3 Å². The van der Waals surface area contributed by atoms with Gasteiger partial charge in [0.1, 0.15) is 5.76 Å². The molecular formula is C17H20ClNO3. The maximum absolute atomic E-state index is 5.83. The number of hydrogen-bond donors (Lipinski definition) is 0. The largest absolute Gasteiger partial charge is 0.493 e. The molecular weight excluding hydrogens is 302 g/mol. The first-order valence-electron chi connectivity index (χ1n) is 7.38. The van der Waals surface area contributed by atoms with Gasteiger partial charge in [0.15, 0.2) is 16.7 Å². The van der Waals surface area contributed by atoms with E-state index in [1.165, 1.54) is 5.56 Å². The summed E-state index contributed by atoms with van der Waals surface area (Å²) < 4.78 is 16.4. The van der Waals surface area contributed by atoms with Crippen molar-refractivity contribution >= 4 is 11.6 Å². The Balaban J connectivity index is 1.72. The Morgan fingerprint density at radius 3 is 2.77 bits per heavy atom. The van der Waals surface area contributed by atoms with Gasteiger partial charge in [-0.3, -0.25) is 4.90 Å². The zero-order chi connectivity index (χ0) is 15.5. The molecule has 1 unspecified atom stereocenters. The van der Waals surface area contributed by atoms with Crippen molar-refractivity contribution < 1.29 is 13.9 Å². The van der Waals surface area contributed by atoms with Gasteiger partial charge in [0.05, 0.1) is 20.8 Å². The predicted octanol–water partition coefficient (Wildman–Crippen LogP) is 3.94. The van der Waals surface area contributed by atoms with Gasteiger partial charge in [-0.25, -0.2) is 0 Å². The molecule has 0 N–H and O–H groups in total. The predicted molar refractivity (Wildman–Crippen MR) is 85.9 cm³/mol. The molecule has 1 saturated heterocycles. The summed E-state index contributed by atoms with van der Waals surface area (Å²) in [4.78, 5) is 2.37. The lowest BCUT2D eigenvalue weighted by atomic mass is 9.97. The van der Waals surface area contributed by atoms with E-state index in [9.17, 15) is 0 Å². The molecule has 4 nitrogen and oxygen atoms in total. The van der Waals surface area contributed by atoms with E-state index in [0.29, 0.717) is 11.1 Å². The Morgan fingerprint density at radius 1 is 1.23 bits per heavy atom. The lowest BCUT2D eigenvalue weighted by Crippen LogP contribution is -2.19. The zero-order valence-electron chi connectivity index (χ0n) is 12.8. The van der Waals surface area contributed by atoms with Gasteiger partial charge in [-0.2, -0.15) is 0 Å². The highest BCUT2D eigenvalue weighted by atomic mass is 35.5. The van der Waals surface area contributed by atoms with Gasteiger partial charge >= 0.3 is 0 Å². The van der Waals surface area contributed by atoms with Crippen LogP contribution in [0.4, 0.5) is 0 Å². The van der Waals surface area contributed by atoms with Crippen LogP contribution >= 0.6 is 11.6 Å². The van der Waals surface area contributed by atoms with E-state index in [1.807, 2.05) is 18.2 Å². The molecule has 1 atom stereocenters. The van der Waals surface area contributed by atoms with Crippen molar-refractivity contribution in [2.75, 3.05) is 27.3 Å². The topological polar surface area (TPSA) is 34.8 Å². The van der Waals surface area contributed by atoms with Crippen LogP contribution in [0.25, 0.3) is 0 Å². The standard InChI is InChI=1S/C17H20ClNO3/c1-20-15-5-3-4-14(17(15)21-2)12-8-9-19(10-12)11-13-6-7-16(18)22-13/h3-7,12H,8-11H2,1-2H3. The van der Waals surface area contributed by atoms with Crippen molar-refractivity contribution in [2.45, 2.75) is 18.9 Å². The van der Waals surface area contributed by atoms with Gasteiger partial charge in [0.25, 0.3) is 0 Å². The second-order valence-corrected chi connectivity index (χ2v) is 5.88. The van der Waals surface area contributed by atoms with Crippen LogP contribution < -0.4 is 9.47 Å². The third-order valence-corrected chi connectivity index (χ3v) is 4.36. The first-order chi connectivity index (χ1) is 10.7. The Hall–Kier alpha value is -1.65. The van der Waals surface area contributed by atoms with Crippen LogP contribution in [0.2, 0.25) is 5.22 Å². The maximum Gasteiger partial charge on any atom is 0.193 e. The van der Waals surface area contributed by atoms with Crippen LogP contribution in [-0.4, -0.2) is 32.2 Å². The monoisotopic (exact) mass is 321 g/mol. The second kappa shape index (κ2) is 6.63. The fraction of sp³-hybridized carbons (Fsp3) is 0.412. The summed E-state index contributed by atoms with van der Waals surface area (Å²) in [6, 6.07) is 9.79. The molecule has 5 heteroatoms. The molecule has 1 aromatic carbocycles. The van der Waals surface area contributed by atoms with E-state index in [2.05, 4.69) is 11.0 Å². The highest BCUT2D eigenvalue weighted by molar-refractivity contribution is 6.28. The van der Waals surface area contributed by atoms with Crippen LogP contribution in [-0.2, 0) is 6.54 Å². The molecule has 1 aromatic heterocycles. The average molecular weight is 322 g/mol. The molecule has 0 radical (unpaired) electrons. The van der Waals surface area contributed by atoms with Gasteiger partial charge in [-0.15, -0.1) is 0 Å². The summed E-state index contributed by atoms with van der Waals surface area (Å²) in [7, 11) is 3.36. The van der Waals surface area contributed by atoms with Crippen LogP contribution in [0.15, 0.2) is 34.7 Å². The summed E-state index contributed by atoms with van der Waals surface area (Å²) in [5.74, 6) is 2.98. The minimum absolute atomic E-state index is 0.440. The maximum atomic E-state index is 5.83. The lowest BCUT2D eigenvalue weighted by molar-refractivity contribution is 0.293. The van der Waals surface area contributed by atoms with Gasteiger partial charge < -0.3 is 13.9 Å². The van der Waals surface area contributed by atoms with E-state index >= 15 is 0 Å². The second-order valence-electron chi connectivity index (χ2n) is 5.51. The van der Waals surface area contributed by atoms with Gasteiger partial charge in [0.2, 0.25) is 0 Å². The molecule has 22 heavy (non-hydrogen) atoms. The summed E-state index contributed by atoms with van der Waals surface area (Å²) in [6.07, 6.45) is 1.10. The Labute approximate surface area is 135 Å². The molecule has 0 amide bonds. The number of benzene rings is 1. The number of rotatable bonds is 5. The Morgan fingerprint density at radius 2 is 2.09 bits per heavy atom. The van der Waals surface area contributed by atoms with Gasteiger partial charge in [-0.1, -0.05) is 12.1 Å². The molecule has 0 spiro atoms. The summed E-state index contributed by atoms with van der Waals surface area (Å²) in [6.45, 7) is 2.79. The van der Waals surface area contributed by atoms with Crippen molar-refractivity contribution in [3.05, 3.63) is 46.9 Å². The van der Waals surface area contributed by atoms with Crippen LogP contribution in [0.3, 0.4) is 0 Å². The van der Waals surface area contributed by atoms with Crippen molar-refractivity contribution in [3.8, 4) is 11.5 Å². The third-order valence-electron chi connectivity index (χ3n) is 4.15. The van der Waals surface area contributed by atoms with Crippen LogP contribution in [0, 0.1) is 0 Å². The number of hydrogen-bond acceptors (Lipinski definition) is 4. The number of halogens is 1. The number of likely N-dealkylation sites (tertiary alicyclic amines) is 1. The first-order valence-corrected chi connectivity index (χ1v) is 7.76. The highest BCUT2D eigenvalue weighted by Crippen LogP contribution is 2.39. The van der Waals surface area contributed by atoms with Crippen molar-refractivity contribution in [2.24, 2.45) is 0 Å². The first kappa shape index (κ1) is 15.3. The Kier molecular flexibility index (Phi) is 4.60. The number of methoxy groups -OCH3 is 2. The zero-order valence-corrected chi connectivity index (χ0v) is 13.6. The van der Waals surface area contributed by atoms with Crippen molar-refractivity contribution in [1.82, 2.24) is 4.90 Å². The quantitative estimate of drug-likeness (QED) is 0.835. The average Bonchev–Trinajstić information content (AvgIpc) is 3.16. The fourth-order valence-corrected chi connectivity index (χ4v) is 3.28. The molecule has 118 valence electrons. The van der Waals surface area contributed by atoms with E-state index in [0.717, 1.165) is 43.3 Å². The molecule has 1 fully saturated rings. The molecule has 2 heterocycles. The summed E-state index contributed by atoms with van der Waals surface area (Å²) in [5, 5.41) is 0.445. The number of nitrogens with zero attached hydrogens (tertiary/aromatic N) is 1.